The van der Waals surface area contributed by atoms with E-state index in [-0.39, 0.29) is 24.5 Å². The number of likely N-dealkylation sites (tertiary alicyclic amines) is 1. The number of amides is 2. The molecule has 1 aromatic carbocycles. The normalized spacial score (nSPS) is 17.0. The fraction of sp³-hybridized carbons (Fsp3) is 0.529. The van der Waals surface area contributed by atoms with Gasteiger partial charge in [-0.05, 0) is 37.5 Å². The third-order valence-corrected chi connectivity index (χ3v) is 3.92. The lowest BCUT2D eigenvalue weighted by molar-refractivity contribution is -0.142. The van der Waals surface area contributed by atoms with Gasteiger partial charge in [0.15, 0.2) is 0 Å². The molecular weight excluding hydrogens is 296 g/mol. The van der Waals surface area contributed by atoms with E-state index >= 15 is 0 Å². The Morgan fingerprint density at radius 1 is 1.30 bits per heavy atom. The van der Waals surface area contributed by atoms with Crippen molar-refractivity contribution >= 4 is 12.0 Å². The minimum Gasteiger partial charge on any atom is -0.497 e. The summed E-state index contributed by atoms with van der Waals surface area (Å²) in [5.41, 5.74) is 1.10. The highest BCUT2D eigenvalue weighted by atomic mass is 16.5. The lowest BCUT2D eigenvalue weighted by Crippen LogP contribution is -2.40. The summed E-state index contributed by atoms with van der Waals surface area (Å²) in [5.74, 6) is 0.512. The zero-order valence-electron chi connectivity index (χ0n) is 13.7. The van der Waals surface area contributed by atoms with Crippen LogP contribution in [0.15, 0.2) is 24.3 Å². The Kier molecular flexibility index (Phi) is 6.26. The van der Waals surface area contributed by atoms with Crippen molar-refractivity contribution in [1.82, 2.24) is 10.2 Å². The van der Waals surface area contributed by atoms with Gasteiger partial charge >= 0.3 is 12.0 Å². The number of esters is 1. The van der Waals surface area contributed by atoms with Crippen molar-refractivity contribution in [3.8, 4) is 5.75 Å². The van der Waals surface area contributed by atoms with Crippen molar-refractivity contribution in [2.75, 3.05) is 26.8 Å². The summed E-state index contributed by atoms with van der Waals surface area (Å²) in [6.07, 6.45) is 2.11. The molecule has 0 spiro atoms. The topological polar surface area (TPSA) is 67.9 Å². The molecule has 1 aromatic rings. The number of nitrogens with zero attached hydrogens (tertiary/aromatic N) is 1. The maximum absolute atomic E-state index is 12.3. The number of benzene rings is 1. The Balaban J connectivity index is 1.89. The van der Waals surface area contributed by atoms with Crippen LogP contribution in [-0.2, 0) is 9.53 Å². The average Bonchev–Trinajstić information content (AvgIpc) is 3.05. The standard InChI is InChI=1S/C17H24N2O4/c1-3-23-16(20)10-11-18-17(21)19-12-4-5-15(19)13-6-8-14(22-2)9-7-13/h6-9,15H,3-5,10-12H2,1-2H3,(H,18,21). The van der Waals surface area contributed by atoms with Crippen molar-refractivity contribution in [2.24, 2.45) is 0 Å². The minimum atomic E-state index is -0.291. The molecule has 1 aliphatic heterocycles. The average molecular weight is 320 g/mol. The molecule has 0 bridgehead atoms. The summed E-state index contributed by atoms with van der Waals surface area (Å²) in [6, 6.07) is 7.74. The summed E-state index contributed by atoms with van der Waals surface area (Å²) in [6.45, 7) is 3.14. The largest absolute Gasteiger partial charge is 0.497 e. The van der Waals surface area contributed by atoms with Crippen LogP contribution in [0.5, 0.6) is 5.75 Å². The van der Waals surface area contributed by atoms with Crippen LogP contribution in [0.1, 0.15) is 37.8 Å². The summed E-state index contributed by atoms with van der Waals surface area (Å²) < 4.78 is 10.0. The van der Waals surface area contributed by atoms with Crippen molar-refractivity contribution < 1.29 is 19.1 Å². The molecule has 6 nitrogen and oxygen atoms in total. The van der Waals surface area contributed by atoms with E-state index in [1.807, 2.05) is 29.2 Å². The van der Waals surface area contributed by atoms with Gasteiger partial charge in [-0.15, -0.1) is 0 Å². The quantitative estimate of drug-likeness (QED) is 0.818. The number of hydrogen-bond donors (Lipinski definition) is 1. The second-order valence-electron chi connectivity index (χ2n) is 5.41. The molecule has 2 amide bonds. The molecule has 1 aliphatic rings. The van der Waals surface area contributed by atoms with Gasteiger partial charge in [0.25, 0.3) is 0 Å². The Morgan fingerprint density at radius 2 is 2.04 bits per heavy atom. The Morgan fingerprint density at radius 3 is 2.70 bits per heavy atom. The van der Waals surface area contributed by atoms with Crippen LogP contribution in [-0.4, -0.2) is 43.7 Å². The lowest BCUT2D eigenvalue weighted by atomic mass is 10.0. The maximum Gasteiger partial charge on any atom is 0.317 e. The Hall–Kier alpha value is -2.24. The molecule has 1 atom stereocenters. The SMILES string of the molecule is CCOC(=O)CCNC(=O)N1CCCC1c1ccc(OC)cc1. The number of nitrogens with one attached hydrogen (secondary N) is 1. The van der Waals surface area contributed by atoms with E-state index in [4.69, 9.17) is 9.47 Å². The molecule has 0 radical (unpaired) electrons. The highest BCUT2D eigenvalue weighted by Crippen LogP contribution is 2.32. The van der Waals surface area contributed by atoms with E-state index in [2.05, 4.69) is 5.32 Å². The van der Waals surface area contributed by atoms with E-state index in [1.54, 1.807) is 14.0 Å². The first-order valence-electron chi connectivity index (χ1n) is 7.99. The predicted molar refractivity (Wildman–Crippen MR) is 86.3 cm³/mol. The van der Waals surface area contributed by atoms with E-state index in [9.17, 15) is 9.59 Å². The molecule has 126 valence electrons. The van der Waals surface area contributed by atoms with Crippen LogP contribution in [0.25, 0.3) is 0 Å². The van der Waals surface area contributed by atoms with Gasteiger partial charge in [0, 0.05) is 13.1 Å². The first-order chi connectivity index (χ1) is 11.2. The Bertz CT molecular complexity index is 530. The fourth-order valence-electron chi connectivity index (χ4n) is 2.79. The molecule has 6 heteroatoms. The number of rotatable bonds is 6. The number of methoxy groups -OCH3 is 1. The number of hydrogen-bond acceptors (Lipinski definition) is 4. The summed E-state index contributed by atoms with van der Waals surface area (Å²) >= 11 is 0. The van der Waals surface area contributed by atoms with Gasteiger partial charge in [0.05, 0.1) is 26.2 Å². The highest BCUT2D eigenvalue weighted by Gasteiger charge is 2.29. The van der Waals surface area contributed by atoms with Crippen LogP contribution < -0.4 is 10.1 Å². The van der Waals surface area contributed by atoms with Gasteiger partial charge in [-0.2, -0.15) is 0 Å². The van der Waals surface area contributed by atoms with Crippen molar-refractivity contribution in [3.05, 3.63) is 29.8 Å². The van der Waals surface area contributed by atoms with Gasteiger partial charge in [0.1, 0.15) is 5.75 Å². The van der Waals surface area contributed by atoms with E-state index in [0.29, 0.717) is 13.2 Å². The first kappa shape index (κ1) is 17.1. The zero-order chi connectivity index (χ0) is 16.7. The third kappa shape index (κ3) is 4.61. The molecule has 0 aromatic heterocycles. The van der Waals surface area contributed by atoms with E-state index in [1.165, 1.54) is 0 Å². The maximum atomic E-state index is 12.3. The molecule has 1 N–H and O–H groups in total. The molecule has 2 rings (SSSR count). The number of carbonyl (C=O) groups is 2. The summed E-state index contributed by atoms with van der Waals surface area (Å²) in [5, 5.41) is 2.80. The number of ether oxygens (including phenoxy) is 2. The molecule has 23 heavy (non-hydrogen) atoms. The minimum absolute atomic E-state index is 0.0727. The molecule has 1 fully saturated rings. The lowest BCUT2D eigenvalue weighted by Gasteiger charge is -2.25. The molecular formula is C17H24N2O4. The Labute approximate surface area is 136 Å². The van der Waals surface area contributed by atoms with Crippen molar-refractivity contribution in [1.29, 1.82) is 0 Å². The second-order valence-corrected chi connectivity index (χ2v) is 5.41. The van der Waals surface area contributed by atoms with E-state index in [0.717, 1.165) is 30.7 Å². The van der Waals surface area contributed by atoms with Crippen molar-refractivity contribution in [2.45, 2.75) is 32.2 Å². The van der Waals surface area contributed by atoms with Gasteiger partial charge < -0.3 is 19.7 Å². The predicted octanol–water partition coefficient (Wildman–Crippen LogP) is 2.49. The van der Waals surface area contributed by atoms with Gasteiger partial charge in [-0.1, -0.05) is 12.1 Å². The van der Waals surface area contributed by atoms with Crippen LogP contribution >= 0.6 is 0 Å². The first-order valence-corrected chi connectivity index (χ1v) is 7.99. The smallest absolute Gasteiger partial charge is 0.317 e. The van der Waals surface area contributed by atoms with Crippen LogP contribution in [0.4, 0.5) is 4.79 Å². The summed E-state index contributed by atoms with van der Waals surface area (Å²) in [7, 11) is 1.63. The second kappa shape index (κ2) is 8.41. The van der Waals surface area contributed by atoms with Crippen LogP contribution in [0, 0.1) is 0 Å². The molecule has 0 saturated carbocycles. The number of carbonyl (C=O) groups excluding carboxylic acids is 2. The summed E-state index contributed by atoms with van der Waals surface area (Å²) in [4.78, 5) is 25.4. The highest BCUT2D eigenvalue weighted by molar-refractivity contribution is 5.76. The van der Waals surface area contributed by atoms with Crippen molar-refractivity contribution in [3.63, 3.8) is 0 Å². The van der Waals surface area contributed by atoms with Crippen LogP contribution in [0.3, 0.4) is 0 Å². The van der Waals surface area contributed by atoms with Gasteiger partial charge in [-0.3, -0.25) is 4.79 Å². The third-order valence-electron chi connectivity index (χ3n) is 3.92. The van der Waals surface area contributed by atoms with Gasteiger partial charge in [0.2, 0.25) is 0 Å². The molecule has 1 saturated heterocycles. The number of urea groups is 1. The fourth-order valence-corrected chi connectivity index (χ4v) is 2.79. The molecule has 0 aliphatic carbocycles. The van der Waals surface area contributed by atoms with E-state index < -0.39 is 0 Å². The zero-order valence-corrected chi connectivity index (χ0v) is 13.7. The van der Waals surface area contributed by atoms with Crippen LogP contribution in [0.2, 0.25) is 0 Å². The molecule has 1 heterocycles. The van der Waals surface area contributed by atoms with Gasteiger partial charge in [-0.25, -0.2) is 4.79 Å². The monoisotopic (exact) mass is 320 g/mol. The molecule has 1 unspecified atom stereocenters.